The van der Waals surface area contributed by atoms with Gasteiger partial charge in [0.05, 0.1) is 0 Å². The summed E-state index contributed by atoms with van der Waals surface area (Å²) >= 11 is 1.82. The van der Waals surface area contributed by atoms with E-state index in [4.69, 9.17) is 0 Å². The molecule has 0 amide bonds. The van der Waals surface area contributed by atoms with Crippen LogP contribution >= 0.6 is 11.8 Å². The van der Waals surface area contributed by atoms with Gasteiger partial charge in [-0.3, -0.25) is 0 Å². The Morgan fingerprint density at radius 1 is 0.947 bits per heavy atom. The molecule has 1 heteroatoms. The van der Waals surface area contributed by atoms with Gasteiger partial charge in [-0.2, -0.15) is 0 Å². The Hall–Kier alpha value is -1.21. The lowest BCUT2D eigenvalue weighted by Gasteiger charge is -2.00. The summed E-state index contributed by atoms with van der Waals surface area (Å²) in [5, 5.41) is 4.87. The highest BCUT2D eigenvalue weighted by Gasteiger charge is 1.94. The van der Waals surface area contributed by atoms with E-state index in [1.54, 1.807) is 0 Å². The molecule has 0 aliphatic rings. The Labute approximate surface area is 120 Å². The molecule has 0 aromatic heterocycles. The summed E-state index contributed by atoms with van der Waals surface area (Å²) in [6.07, 6.45) is 8.88. The van der Waals surface area contributed by atoms with Gasteiger partial charge in [-0.1, -0.05) is 74.4 Å². The van der Waals surface area contributed by atoms with E-state index in [1.807, 2.05) is 11.8 Å². The molecule has 2 aromatic carbocycles. The van der Waals surface area contributed by atoms with Crippen LogP contribution in [0.2, 0.25) is 0 Å². The van der Waals surface area contributed by atoms with Gasteiger partial charge in [0.25, 0.3) is 0 Å². The summed E-state index contributed by atoms with van der Waals surface area (Å²) in [4.78, 5) is 1.32. The monoisotopic (exact) mass is 270 g/mol. The number of fused-ring (bicyclic) bond motifs is 1. The maximum atomic E-state index is 2.30. The van der Waals surface area contributed by atoms with E-state index in [-0.39, 0.29) is 0 Å². The van der Waals surface area contributed by atoms with Crippen LogP contribution in [0.3, 0.4) is 0 Å². The molecule has 0 saturated carbocycles. The van der Waals surface area contributed by atoms with Crippen LogP contribution in [0.1, 0.15) is 39.0 Å². The Bertz CT molecular complexity index is 528. The van der Waals surface area contributed by atoms with Crippen molar-refractivity contribution in [3.63, 3.8) is 0 Å². The highest BCUT2D eigenvalue weighted by Crippen LogP contribution is 2.24. The first-order chi connectivity index (χ1) is 9.40. The molecule has 0 saturated heterocycles. The van der Waals surface area contributed by atoms with Crippen molar-refractivity contribution in [1.82, 2.24) is 0 Å². The number of thioether (sulfide) groups is 1. The van der Waals surface area contributed by atoms with Gasteiger partial charge in [0.1, 0.15) is 0 Å². The maximum Gasteiger partial charge on any atom is 0.0122 e. The fraction of sp³-hybridized carbons (Fsp3) is 0.333. The van der Waals surface area contributed by atoms with Crippen LogP contribution in [0.5, 0.6) is 0 Å². The van der Waals surface area contributed by atoms with Crippen LogP contribution < -0.4 is 0 Å². The molecule has 100 valence electrons. The molecule has 0 unspecified atom stereocenters. The van der Waals surface area contributed by atoms with Crippen molar-refractivity contribution in [3.05, 3.63) is 53.9 Å². The van der Waals surface area contributed by atoms with E-state index in [2.05, 4.69) is 60.9 Å². The summed E-state index contributed by atoms with van der Waals surface area (Å²) in [6, 6.07) is 15.2. The largest absolute Gasteiger partial charge is 0.0984 e. The second-order valence-electron chi connectivity index (χ2n) is 4.85. The van der Waals surface area contributed by atoms with Crippen LogP contribution in [-0.2, 0) is 0 Å². The van der Waals surface area contributed by atoms with Crippen LogP contribution in [0.4, 0.5) is 0 Å². The zero-order valence-corrected chi connectivity index (χ0v) is 12.5. The smallest absolute Gasteiger partial charge is 0.0122 e. The van der Waals surface area contributed by atoms with Crippen molar-refractivity contribution in [2.24, 2.45) is 0 Å². The van der Waals surface area contributed by atoms with Gasteiger partial charge >= 0.3 is 0 Å². The lowest BCUT2D eigenvalue weighted by atomic mass is 10.1. The summed E-state index contributed by atoms with van der Waals surface area (Å²) in [5.74, 6) is 0. The summed E-state index contributed by atoms with van der Waals surface area (Å²) < 4.78 is 0. The second-order valence-corrected chi connectivity index (χ2v) is 5.83. The number of unbranched alkanes of at least 4 members (excludes halogenated alkanes) is 4. The van der Waals surface area contributed by atoms with Crippen LogP contribution in [0, 0.1) is 0 Å². The van der Waals surface area contributed by atoms with E-state index >= 15 is 0 Å². The molecular formula is C18H22S. The molecule has 0 heterocycles. The molecule has 19 heavy (non-hydrogen) atoms. The topological polar surface area (TPSA) is 0 Å². The average Bonchev–Trinajstić information content (AvgIpc) is 2.46. The highest BCUT2D eigenvalue weighted by molar-refractivity contribution is 8.02. The van der Waals surface area contributed by atoms with Gasteiger partial charge in [-0.25, -0.2) is 0 Å². The highest BCUT2D eigenvalue weighted by atomic mass is 32.2. The molecule has 2 rings (SSSR count). The summed E-state index contributed by atoms with van der Waals surface area (Å²) in [5.41, 5.74) is 0. The third-order valence-corrected chi connectivity index (χ3v) is 4.10. The Kier molecular flexibility index (Phi) is 6.03. The van der Waals surface area contributed by atoms with Gasteiger partial charge < -0.3 is 0 Å². The number of hydrogen-bond donors (Lipinski definition) is 0. The van der Waals surface area contributed by atoms with Crippen LogP contribution in [0.25, 0.3) is 10.8 Å². The number of benzene rings is 2. The molecule has 0 atom stereocenters. The van der Waals surface area contributed by atoms with Crippen LogP contribution in [-0.4, -0.2) is 0 Å². The fourth-order valence-corrected chi connectivity index (χ4v) is 2.86. The lowest BCUT2D eigenvalue weighted by Crippen LogP contribution is -1.74. The normalized spacial score (nSPS) is 11.4. The zero-order chi connectivity index (χ0) is 13.3. The Morgan fingerprint density at radius 3 is 2.63 bits per heavy atom. The molecule has 0 nitrogen and oxygen atoms in total. The molecule has 2 aromatic rings. The first kappa shape index (κ1) is 14.2. The predicted molar refractivity (Wildman–Crippen MR) is 87.7 cm³/mol. The molecule has 0 aliphatic heterocycles. The van der Waals surface area contributed by atoms with Crippen LogP contribution in [0.15, 0.2) is 58.8 Å². The quantitative estimate of drug-likeness (QED) is 0.413. The standard InChI is InChI=1S/C18H22S/c1-2-3-4-5-6-9-14-19-18-13-12-16-10-7-8-11-17(16)15-18/h7-15H,2-6H2,1H3/b14-9+. The zero-order valence-electron chi connectivity index (χ0n) is 11.6. The third-order valence-electron chi connectivity index (χ3n) is 3.25. The van der Waals surface area contributed by atoms with E-state index in [0.717, 1.165) is 0 Å². The van der Waals surface area contributed by atoms with E-state index in [1.165, 1.54) is 47.8 Å². The van der Waals surface area contributed by atoms with E-state index in [0.29, 0.717) is 0 Å². The second kappa shape index (κ2) is 8.06. The van der Waals surface area contributed by atoms with Gasteiger partial charge in [0.15, 0.2) is 0 Å². The van der Waals surface area contributed by atoms with E-state index in [9.17, 15) is 0 Å². The minimum absolute atomic E-state index is 1.21. The van der Waals surface area contributed by atoms with Crippen molar-refractivity contribution in [1.29, 1.82) is 0 Å². The molecule has 0 radical (unpaired) electrons. The summed E-state index contributed by atoms with van der Waals surface area (Å²) in [6.45, 7) is 2.26. The van der Waals surface area contributed by atoms with Gasteiger partial charge in [-0.15, -0.1) is 0 Å². The molecular weight excluding hydrogens is 248 g/mol. The molecule has 0 bridgehead atoms. The van der Waals surface area contributed by atoms with Crippen molar-refractivity contribution >= 4 is 22.5 Å². The third kappa shape index (κ3) is 4.76. The average molecular weight is 270 g/mol. The molecule has 0 N–H and O–H groups in total. The SMILES string of the molecule is CCCCCC/C=C/Sc1ccc2ccccc2c1. The minimum Gasteiger partial charge on any atom is -0.0984 e. The van der Waals surface area contributed by atoms with Gasteiger partial charge in [0, 0.05) is 4.90 Å². The Morgan fingerprint density at radius 2 is 1.79 bits per heavy atom. The first-order valence-electron chi connectivity index (χ1n) is 7.20. The molecule has 0 fully saturated rings. The minimum atomic E-state index is 1.21. The van der Waals surface area contributed by atoms with E-state index < -0.39 is 0 Å². The predicted octanol–water partition coefficient (Wildman–Crippen LogP) is 6.42. The van der Waals surface area contributed by atoms with Crippen molar-refractivity contribution in [3.8, 4) is 0 Å². The van der Waals surface area contributed by atoms with Gasteiger partial charge in [0.2, 0.25) is 0 Å². The maximum absolute atomic E-state index is 2.30. The van der Waals surface area contributed by atoms with Gasteiger partial charge in [-0.05, 0) is 41.2 Å². The fourth-order valence-electron chi connectivity index (χ4n) is 2.12. The van der Waals surface area contributed by atoms with Crippen molar-refractivity contribution in [2.45, 2.75) is 43.9 Å². The molecule has 0 aliphatic carbocycles. The number of hydrogen-bond acceptors (Lipinski definition) is 1. The number of allylic oxidation sites excluding steroid dienone is 1. The van der Waals surface area contributed by atoms with Crippen molar-refractivity contribution in [2.75, 3.05) is 0 Å². The number of rotatable bonds is 7. The summed E-state index contributed by atoms with van der Waals surface area (Å²) in [7, 11) is 0. The lowest BCUT2D eigenvalue weighted by molar-refractivity contribution is 0.675. The van der Waals surface area contributed by atoms with Crippen molar-refractivity contribution < 1.29 is 0 Å². The Balaban J connectivity index is 1.82. The molecule has 0 spiro atoms. The first-order valence-corrected chi connectivity index (χ1v) is 8.08.